The molecule has 2 aromatic heterocycles. The Hall–Kier alpha value is -2.72. The maximum atomic E-state index is 12.5. The minimum atomic E-state index is -0.373. The number of amides is 2. The lowest BCUT2D eigenvalue weighted by molar-refractivity contribution is -0.118. The quantitative estimate of drug-likeness (QED) is 0.371. The Balaban J connectivity index is 1.59. The van der Waals surface area contributed by atoms with Crippen molar-refractivity contribution in [3.05, 3.63) is 41.0 Å². The summed E-state index contributed by atoms with van der Waals surface area (Å²) in [5.41, 5.74) is 8.46. The molecule has 2 heterocycles. The predicted octanol–water partition coefficient (Wildman–Crippen LogP) is 4.16. The maximum absolute atomic E-state index is 12.5. The number of thioether (sulfide) groups is 1. The second-order valence-corrected chi connectivity index (χ2v) is 9.99. The lowest BCUT2D eigenvalue weighted by atomic mass is 10.1. The predicted molar refractivity (Wildman–Crippen MR) is 133 cm³/mol. The molecule has 0 aliphatic carbocycles. The average Bonchev–Trinajstić information content (AvgIpc) is 3.38. The Labute approximate surface area is 202 Å². The van der Waals surface area contributed by atoms with Gasteiger partial charge in [0.2, 0.25) is 11.8 Å². The van der Waals surface area contributed by atoms with Gasteiger partial charge in [0.25, 0.3) is 0 Å². The van der Waals surface area contributed by atoms with Crippen LogP contribution in [0.3, 0.4) is 0 Å². The van der Waals surface area contributed by atoms with E-state index >= 15 is 0 Å². The van der Waals surface area contributed by atoms with Crippen LogP contribution in [0.5, 0.6) is 0 Å². The van der Waals surface area contributed by atoms with Crippen molar-refractivity contribution >= 4 is 40.0 Å². The number of carbonyl (C=O) groups excluding carboxylic acids is 2. The van der Waals surface area contributed by atoms with Gasteiger partial charge in [-0.2, -0.15) is 0 Å². The number of nitrogens with zero attached hydrogens (tertiary/aromatic N) is 4. The summed E-state index contributed by atoms with van der Waals surface area (Å²) in [6.45, 7) is 7.06. The highest BCUT2D eigenvalue weighted by Gasteiger charge is 2.16. The summed E-state index contributed by atoms with van der Waals surface area (Å²) in [6, 6.07) is 8.38. The first kappa shape index (κ1) is 24.9. The Morgan fingerprint density at radius 2 is 1.94 bits per heavy atom. The topological polar surface area (TPSA) is 116 Å². The van der Waals surface area contributed by atoms with E-state index in [1.165, 1.54) is 28.7 Å². The van der Waals surface area contributed by atoms with Crippen molar-refractivity contribution in [3.63, 3.8) is 0 Å². The standard InChI is InChI=1S/C23H30N6O2S2/c1-4-5-16-6-8-17(9-7-16)18-13-32-22(25-18)26-21(31)14-33-23-28-27-20(11-10-19(24)30)29(23)12-15(2)3/h6-9,13,15H,4-5,10-12,14H2,1-3H3,(H2,24,30)(H,25,26,31). The van der Waals surface area contributed by atoms with Gasteiger partial charge in [0.1, 0.15) is 5.82 Å². The van der Waals surface area contributed by atoms with Gasteiger partial charge in [-0.25, -0.2) is 4.98 Å². The van der Waals surface area contributed by atoms with Crippen LogP contribution in [0.25, 0.3) is 11.3 Å². The third-order valence-electron chi connectivity index (χ3n) is 4.81. The molecule has 10 heteroatoms. The lowest BCUT2D eigenvalue weighted by Crippen LogP contribution is -2.16. The SMILES string of the molecule is CCCc1ccc(-c2csc(NC(=O)CSc3nnc(CCC(N)=O)n3CC(C)C)n2)cc1. The first-order valence-corrected chi connectivity index (χ1v) is 12.9. The van der Waals surface area contributed by atoms with E-state index in [9.17, 15) is 9.59 Å². The second-order valence-electron chi connectivity index (χ2n) is 8.19. The molecule has 1 aromatic carbocycles. The Bertz CT molecular complexity index is 1080. The fraction of sp³-hybridized carbons (Fsp3) is 0.435. The van der Waals surface area contributed by atoms with E-state index in [0.29, 0.717) is 35.0 Å². The van der Waals surface area contributed by atoms with Crippen molar-refractivity contribution in [1.82, 2.24) is 19.7 Å². The second kappa shape index (κ2) is 11.9. The third kappa shape index (κ3) is 7.40. The normalized spacial score (nSPS) is 11.2. The van der Waals surface area contributed by atoms with Crippen molar-refractivity contribution in [3.8, 4) is 11.3 Å². The van der Waals surface area contributed by atoms with Crippen LogP contribution in [0.2, 0.25) is 0 Å². The number of rotatable bonds is 12. The molecule has 0 saturated carbocycles. The van der Waals surface area contributed by atoms with Gasteiger partial charge in [-0.05, 0) is 17.9 Å². The van der Waals surface area contributed by atoms with Crippen molar-refractivity contribution in [1.29, 1.82) is 0 Å². The van der Waals surface area contributed by atoms with Crippen molar-refractivity contribution in [2.75, 3.05) is 11.1 Å². The molecule has 0 spiro atoms. The number of nitrogens with two attached hydrogens (primary N) is 1. The molecule has 0 saturated heterocycles. The van der Waals surface area contributed by atoms with Gasteiger partial charge >= 0.3 is 0 Å². The first-order valence-electron chi connectivity index (χ1n) is 11.0. The van der Waals surface area contributed by atoms with Gasteiger partial charge in [-0.1, -0.05) is 63.2 Å². The molecule has 0 bridgehead atoms. The number of nitrogens with one attached hydrogen (secondary N) is 1. The van der Waals surface area contributed by atoms with Crippen LogP contribution in [0.15, 0.2) is 34.8 Å². The minimum Gasteiger partial charge on any atom is -0.370 e. The fourth-order valence-corrected chi connectivity index (χ4v) is 4.78. The van der Waals surface area contributed by atoms with Crippen molar-refractivity contribution in [2.45, 2.75) is 58.2 Å². The van der Waals surface area contributed by atoms with E-state index < -0.39 is 0 Å². The number of benzene rings is 1. The fourth-order valence-electron chi connectivity index (χ4n) is 3.27. The average molecular weight is 487 g/mol. The van der Waals surface area contributed by atoms with Crippen LogP contribution >= 0.6 is 23.1 Å². The van der Waals surface area contributed by atoms with E-state index in [2.05, 4.69) is 65.5 Å². The van der Waals surface area contributed by atoms with E-state index in [4.69, 9.17) is 5.73 Å². The number of aromatic nitrogens is 4. The van der Waals surface area contributed by atoms with Crippen LogP contribution in [-0.4, -0.2) is 37.3 Å². The summed E-state index contributed by atoms with van der Waals surface area (Å²) in [4.78, 5) is 28.2. The zero-order valence-electron chi connectivity index (χ0n) is 19.2. The number of aryl methyl sites for hydroxylation is 2. The number of anilines is 1. The highest BCUT2D eigenvalue weighted by Crippen LogP contribution is 2.26. The third-order valence-corrected chi connectivity index (χ3v) is 6.53. The maximum Gasteiger partial charge on any atom is 0.236 e. The smallest absolute Gasteiger partial charge is 0.236 e. The van der Waals surface area contributed by atoms with E-state index in [1.807, 2.05) is 9.95 Å². The summed E-state index contributed by atoms with van der Waals surface area (Å²) in [5.74, 6) is 0.734. The van der Waals surface area contributed by atoms with E-state index in [1.54, 1.807) is 0 Å². The number of primary amides is 1. The van der Waals surface area contributed by atoms with Gasteiger partial charge in [0.15, 0.2) is 10.3 Å². The molecule has 3 N–H and O–H groups in total. The summed E-state index contributed by atoms with van der Waals surface area (Å²) >= 11 is 2.72. The van der Waals surface area contributed by atoms with Gasteiger partial charge in [0, 0.05) is 30.3 Å². The molecule has 176 valence electrons. The van der Waals surface area contributed by atoms with Crippen molar-refractivity contribution < 1.29 is 9.59 Å². The van der Waals surface area contributed by atoms with Crippen LogP contribution in [0.4, 0.5) is 5.13 Å². The molecular weight excluding hydrogens is 456 g/mol. The van der Waals surface area contributed by atoms with Crippen LogP contribution in [0.1, 0.15) is 45.0 Å². The van der Waals surface area contributed by atoms with E-state index in [-0.39, 0.29) is 24.0 Å². The monoisotopic (exact) mass is 486 g/mol. The summed E-state index contributed by atoms with van der Waals surface area (Å²) in [7, 11) is 0. The highest BCUT2D eigenvalue weighted by molar-refractivity contribution is 7.99. The molecule has 33 heavy (non-hydrogen) atoms. The van der Waals surface area contributed by atoms with Gasteiger partial charge < -0.3 is 15.6 Å². The number of carbonyl (C=O) groups is 2. The number of thiazole rings is 1. The largest absolute Gasteiger partial charge is 0.370 e. The van der Waals surface area contributed by atoms with Gasteiger partial charge in [-0.15, -0.1) is 21.5 Å². The lowest BCUT2D eigenvalue weighted by Gasteiger charge is -2.12. The van der Waals surface area contributed by atoms with Gasteiger partial charge in [0.05, 0.1) is 11.4 Å². The molecule has 8 nitrogen and oxygen atoms in total. The Morgan fingerprint density at radius 1 is 1.18 bits per heavy atom. The first-order chi connectivity index (χ1) is 15.9. The van der Waals surface area contributed by atoms with Crippen molar-refractivity contribution in [2.24, 2.45) is 11.7 Å². The zero-order valence-corrected chi connectivity index (χ0v) is 20.8. The molecule has 2 amide bonds. The van der Waals surface area contributed by atoms with Crippen LogP contribution in [-0.2, 0) is 29.0 Å². The molecule has 0 radical (unpaired) electrons. The minimum absolute atomic E-state index is 0.156. The van der Waals surface area contributed by atoms with Gasteiger partial charge in [-0.3, -0.25) is 9.59 Å². The van der Waals surface area contributed by atoms with E-state index in [0.717, 1.165) is 24.1 Å². The number of hydrogen-bond donors (Lipinski definition) is 2. The molecule has 3 aromatic rings. The van der Waals surface area contributed by atoms with Crippen LogP contribution in [0, 0.1) is 5.92 Å². The van der Waals surface area contributed by atoms with Crippen LogP contribution < -0.4 is 11.1 Å². The molecular formula is C23H30N6O2S2. The summed E-state index contributed by atoms with van der Waals surface area (Å²) in [5, 5.41) is 14.5. The molecule has 0 aliphatic rings. The Kier molecular flexibility index (Phi) is 9.02. The molecule has 0 atom stereocenters. The molecule has 0 unspecified atom stereocenters. The molecule has 0 aliphatic heterocycles. The highest BCUT2D eigenvalue weighted by atomic mass is 32.2. The zero-order chi connectivity index (χ0) is 23.8. The molecule has 3 rings (SSSR count). The molecule has 0 fully saturated rings. The summed E-state index contributed by atoms with van der Waals surface area (Å²) < 4.78 is 1.97. The summed E-state index contributed by atoms with van der Waals surface area (Å²) in [6.07, 6.45) is 2.83. The number of hydrogen-bond acceptors (Lipinski definition) is 7. The Morgan fingerprint density at radius 3 is 2.61 bits per heavy atom.